The van der Waals surface area contributed by atoms with Gasteiger partial charge < -0.3 is 0 Å². The van der Waals surface area contributed by atoms with Crippen molar-refractivity contribution in [1.82, 2.24) is 0 Å². The monoisotopic (exact) mass is 278 g/mol. The lowest BCUT2D eigenvalue weighted by atomic mass is 9.77. The molecule has 0 aliphatic heterocycles. The minimum atomic E-state index is 0.200. The van der Waals surface area contributed by atoms with Crippen LogP contribution in [0.5, 0.6) is 0 Å². The maximum absolute atomic E-state index is 6.89. The van der Waals surface area contributed by atoms with Crippen molar-refractivity contribution in [2.24, 2.45) is 11.8 Å². The van der Waals surface area contributed by atoms with Crippen molar-refractivity contribution in [2.75, 3.05) is 0 Å². The fourth-order valence-electron chi connectivity index (χ4n) is 3.48. The smallest absolute Gasteiger partial charge is 0.0618 e. The summed E-state index contributed by atoms with van der Waals surface area (Å²) in [6, 6.07) is 2.29. The average molecular weight is 279 g/mol. The Hall–Kier alpha value is -0.490. The highest BCUT2D eigenvalue weighted by Crippen LogP contribution is 2.43. The van der Waals surface area contributed by atoms with Crippen molar-refractivity contribution in [2.45, 2.75) is 65.7 Å². The molecule has 0 heterocycles. The molecule has 1 aromatic carbocycles. The Balaban J connectivity index is 2.31. The third kappa shape index (κ3) is 2.99. The fourth-order valence-corrected chi connectivity index (χ4v) is 4.05. The van der Waals surface area contributed by atoms with Gasteiger partial charge in [0.15, 0.2) is 0 Å². The van der Waals surface area contributed by atoms with E-state index in [9.17, 15) is 0 Å². The minimum absolute atomic E-state index is 0.200. The molecular weight excluding hydrogens is 252 g/mol. The summed E-state index contributed by atoms with van der Waals surface area (Å²) in [6.07, 6.45) is 5.27. The van der Waals surface area contributed by atoms with Crippen LogP contribution in [0.4, 0.5) is 0 Å². The number of aryl methyl sites for hydroxylation is 2. The molecule has 1 saturated carbocycles. The number of halogens is 1. The van der Waals surface area contributed by atoms with Crippen molar-refractivity contribution in [1.29, 1.82) is 0 Å². The van der Waals surface area contributed by atoms with Gasteiger partial charge in [-0.1, -0.05) is 25.8 Å². The molecule has 0 radical (unpaired) electrons. The molecule has 2 rings (SSSR count). The second kappa shape index (κ2) is 5.87. The molecule has 1 unspecified atom stereocenters. The van der Waals surface area contributed by atoms with Crippen LogP contribution < -0.4 is 0 Å². The van der Waals surface area contributed by atoms with Crippen molar-refractivity contribution in [3.63, 3.8) is 0 Å². The van der Waals surface area contributed by atoms with Crippen LogP contribution >= 0.6 is 11.6 Å². The van der Waals surface area contributed by atoms with Gasteiger partial charge in [0, 0.05) is 0 Å². The highest BCUT2D eigenvalue weighted by Gasteiger charge is 2.28. The van der Waals surface area contributed by atoms with Gasteiger partial charge in [0.2, 0.25) is 0 Å². The Morgan fingerprint density at radius 3 is 1.89 bits per heavy atom. The van der Waals surface area contributed by atoms with Crippen molar-refractivity contribution in [3.8, 4) is 0 Å². The van der Waals surface area contributed by atoms with Crippen LogP contribution in [0.1, 0.15) is 65.8 Å². The largest absolute Gasteiger partial charge is 0.118 e. The third-order valence-corrected chi connectivity index (χ3v) is 5.75. The number of hydrogen-bond acceptors (Lipinski definition) is 0. The van der Waals surface area contributed by atoms with Crippen LogP contribution in [0.3, 0.4) is 0 Å². The summed E-state index contributed by atoms with van der Waals surface area (Å²) in [5, 5.41) is 0.200. The Morgan fingerprint density at radius 1 is 0.947 bits per heavy atom. The molecular formula is C18H27Cl. The lowest BCUT2D eigenvalue weighted by Gasteiger charge is -2.32. The molecule has 19 heavy (non-hydrogen) atoms. The van der Waals surface area contributed by atoms with E-state index in [4.69, 9.17) is 11.6 Å². The molecule has 0 spiro atoms. The van der Waals surface area contributed by atoms with E-state index in [-0.39, 0.29) is 5.38 Å². The Labute approximate surface area is 123 Å². The fraction of sp³-hybridized carbons (Fsp3) is 0.667. The first kappa shape index (κ1) is 14.9. The normalized spacial score (nSPS) is 25.4. The zero-order chi connectivity index (χ0) is 14.2. The molecule has 0 bridgehead atoms. The summed E-state index contributed by atoms with van der Waals surface area (Å²) in [5.41, 5.74) is 6.99. The highest BCUT2D eigenvalue weighted by molar-refractivity contribution is 6.21. The molecule has 106 valence electrons. The molecule has 1 aliphatic rings. The maximum atomic E-state index is 6.89. The molecule has 0 N–H and O–H groups in total. The number of benzene rings is 1. The first-order chi connectivity index (χ1) is 8.91. The quantitative estimate of drug-likeness (QED) is 0.580. The summed E-state index contributed by atoms with van der Waals surface area (Å²) in [4.78, 5) is 0. The first-order valence-electron chi connectivity index (χ1n) is 7.63. The van der Waals surface area contributed by atoms with Crippen LogP contribution in [0, 0.1) is 39.5 Å². The summed E-state index contributed by atoms with van der Waals surface area (Å²) >= 11 is 6.89. The molecule has 1 fully saturated rings. The van der Waals surface area contributed by atoms with Gasteiger partial charge in [-0.3, -0.25) is 0 Å². The van der Waals surface area contributed by atoms with E-state index in [2.05, 4.69) is 40.7 Å². The van der Waals surface area contributed by atoms with Crippen LogP contribution in [0.2, 0.25) is 0 Å². The Bertz CT molecular complexity index is 427. The van der Waals surface area contributed by atoms with E-state index in [1.807, 2.05) is 0 Å². The SMILES string of the molecule is Cc1cc(C)c(C)c(C(Cl)C2CCC(C)CC2)c1C. The predicted octanol–water partition coefficient (Wildman–Crippen LogP) is 6.03. The first-order valence-corrected chi connectivity index (χ1v) is 8.06. The number of rotatable bonds is 2. The van der Waals surface area contributed by atoms with Crippen LogP contribution in [-0.2, 0) is 0 Å². The number of hydrogen-bond donors (Lipinski definition) is 0. The predicted molar refractivity (Wildman–Crippen MR) is 85.1 cm³/mol. The summed E-state index contributed by atoms with van der Waals surface area (Å²) < 4.78 is 0. The second-order valence-electron chi connectivity index (χ2n) is 6.60. The minimum Gasteiger partial charge on any atom is -0.118 e. The lowest BCUT2D eigenvalue weighted by molar-refractivity contribution is 0.283. The molecule has 1 atom stereocenters. The van der Waals surface area contributed by atoms with Gasteiger partial charge in [-0.05, 0) is 80.2 Å². The van der Waals surface area contributed by atoms with Crippen molar-refractivity contribution >= 4 is 11.6 Å². The summed E-state index contributed by atoms with van der Waals surface area (Å²) in [6.45, 7) is 11.2. The van der Waals surface area contributed by atoms with E-state index in [0.29, 0.717) is 5.92 Å². The zero-order valence-electron chi connectivity index (χ0n) is 13.0. The zero-order valence-corrected chi connectivity index (χ0v) is 13.8. The molecule has 1 aromatic rings. The molecule has 1 heteroatoms. The second-order valence-corrected chi connectivity index (χ2v) is 7.07. The van der Waals surface area contributed by atoms with Gasteiger partial charge in [0.05, 0.1) is 5.38 Å². The van der Waals surface area contributed by atoms with Crippen LogP contribution in [0.15, 0.2) is 6.07 Å². The standard InChI is InChI=1S/C18H27Cl/c1-11-6-8-16(9-7-11)18(19)17-14(4)12(2)10-13(3)15(17)5/h10-11,16,18H,6-9H2,1-5H3. The van der Waals surface area contributed by atoms with Gasteiger partial charge in [-0.25, -0.2) is 0 Å². The maximum Gasteiger partial charge on any atom is 0.0618 e. The Morgan fingerprint density at radius 2 is 1.42 bits per heavy atom. The lowest BCUT2D eigenvalue weighted by Crippen LogP contribution is -2.18. The van der Waals surface area contributed by atoms with E-state index in [1.165, 1.54) is 53.5 Å². The van der Waals surface area contributed by atoms with E-state index in [1.54, 1.807) is 0 Å². The van der Waals surface area contributed by atoms with Gasteiger partial charge in [0.1, 0.15) is 0 Å². The van der Waals surface area contributed by atoms with E-state index in [0.717, 1.165) is 5.92 Å². The van der Waals surface area contributed by atoms with Gasteiger partial charge in [0.25, 0.3) is 0 Å². The molecule has 0 saturated heterocycles. The van der Waals surface area contributed by atoms with E-state index >= 15 is 0 Å². The summed E-state index contributed by atoms with van der Waals surface area (Å²) in [5.74, 6) is 1.55. The number of alkyl halides is 1. The van der Waals surface area contributed by atoms with Gasteiger partial charge in [-0.15, -0.1) is 11.6 Å². The molecule has 0 aromatic heterocycles. The van der Waals surface area contributed by atoms with Crippen LogP contribution in [0.25, 0.3) is 0 Å². The highest BCUT2D eigenvalue weighted by atomic mass is 35.5. The average Bonchev–Trinajstić information content (AvgIpc) is 2.37. The van der Waals surface area contributed by atoms with Crippen molar-refractivity contribution < 1.29 is 0 Å². The topological polar surface area (TPSA) is 0 Å². The van der Waals surface area contributed by atoms with Gasteiger partial charge >= 0.3 is 0 Å². The molecule has 0 amide bonds. The van der Waals surface area contributed by atoms with Crippen LogP contribution in [-0.4, -0.2) is 0 Å². The summed E-state index contributed by atoms with van der Waals surface area (Å²) in [7, 11) is 0. The molecule has 1 aliphatic carbocycles. The molecule has 0 nitrogen and oxygen atoms in total. The third-order valence-electron chi connectivity index (χ3n) is 5.17. The Kier molecular flexibility index (Phi) is 4.61. The van der Waals surface area contributed by atoms with E-state index < -0.39 is 0 Å². The van der Waals surface area contributed by atoms with Crippen molar-refractivity contribution in [3.05, 3.63) is 33.9 Å². The van der Waals surface area contributed by atoms with Gasteiger partial charge in [-0.2, -0.15) is 0 Å².